The van der Waals surface area contributed by atoms with Crippen LogP contribution in [-0.2, 0) is 4.79 Å². The van der Waals surface area contributed by atoms with Gasteiger partial charge in [0.1, 0.15) is 5.54 Å². The van der Waals surface area contributed by atoms with Gasteiger partial charge < -0.3 is 0 Å². The van der Waals surface area contributed by atoms with Crippen LogP contribution in [0.25, 0.3) is 0 Å². The van der Waals surface area contributed by atoms with Gasteiger partial charge in [-0.05, 0) is 38.8 Å². The highest BCUT2D eigenvalue weighted by Crippen LogP contribution is 2.49. The van der Waals surface area contributed by atoms with Crippen molar-refractivity contribution in [3.05, 3.63) is 46.0 Å². The molecule has 21 heavy (non-hydrogen) atoms. The molecule has 2 fully saturated rings. The van der Waals surface area contributed by atoms with E-state index in [0.717, 1.165) is 24.9 Å². The van der Waals surface area contributed by atoms with Gasteiger partial charge in [-0.1, -0.05) is 30.3 Å². The number of nitrogens with zero attached hydrogens (tertiary/aromatic N) is 2. The largest absolute Gasteiger partial charge is 0.298 e. The second-order valence-corrected chi connectivity index (χ2v) is 6.27. The van der Waals surface area contributed by atoms with Crippen molar-refractivity contribution in [3.8, 4) is 0 Å². The number of carbonyl (C=O) groups is 1. The monoisotopic (exact) mass is 288 g/mol. The molecule has 0 amide bonds. The normalized spacial score (nSPS) is 35.6. The summed E-state index contributed by atoms with van der Waals surface area (Å²) in [6, 6.07) is 8.85. The second kappa shape index (κ2) is 4.91. The highest BCUT2D eigenvalue weighted by molar-refractivity contribution is 5.87. The maximum absolute atomic E-state index is 12.3. The lowest BCUT2D eigenvalue weighted by molar-refractivity contribution is -0.532. The molecule has 2 saturated heterocycles. The fraction of sp³-hybridized carbons (Fsp3) is 0.562. The Morgan fingerprint density at radius 1 is 1.38 bits per heavy atom. The van der Waals surface area contributed by atoms with Crippen molar-refractivity contribution >= 4 is 5.78 Å². The van der Waals surface area contributed by atoms with Crippen LogP contribution in [0.4, 0.5) is 0 Å². The van der Waals surface area contributed by atoms with Gasteiger partial charge in [0.25, 0.3) is 0 Å². The van der Waals surface area contributed by atoms with Crippen molar-refractivity contribution < 1.29 is 9.72 Å². The number of rotatable bonds is 3. The Balaban J connectivity index is 2.14. The fourth-order valence-corrected chi connectivity index (χ4v) is 4.30. The van der Waals surface area contributed by atoms with E-state index in [-0.39, 0.29) is 22.7 Å². The Bertz CT molecular complexity index is 574. The van der Waals surface area contributed by atoms with Crippen molar-refractivity contribution in [3.63, 3.8) is 0 Å². The third kappa shape index (κ3) is 1.91. The Labute approximate surface area is 124 Å². The van der Waals surface area contributed by atoms with Crippen LogP contribution in [0.3, 0.4) is 0 Å². The lowest BCUT2D eigenvalue weighted by Gasteiger charge is -2.32. The molecular weight excluding hydrogens is 268 g/mol. The van der Waals surface area contributed by atoms with Crippen molar-refractivity contribution in [1.82, 2.24) is 4.90 Å². The molecule has 0 N–H and O–H groups in total. The number of ketones is 1. The summed E-state index contributed by atoms with van der Waals surface area (Å²) in [5.74, 6) is -0.313. The molecular formula is C16H20N2O3. The molecule has 112 valence electrons. The van der Waals surface area contributed by atoms with Crippen LogP contribution >= 0.6 is 0 Å². The van der Waals surface area contributed by atoms with Gasteiger partial charge in [0, 0.05) is 11.0 Å². The number of nitro groups is 1. The van der Waals surface area contributed by atoms with E-state index in [4.69, 9.17) is 0 Å². The standard InChI is InChI=1S/C16H20N2O3/c1-11(19)16(2)15(18(20)21)14(12-7-4-3-5-8-12)13-9-6-10-17(13)16/h3-5,7-8,13-15H,6,9-10H2,1-2H3/t13-,14-,15+,16-/m0/s1. The predicted molar refractivity (Wildman–Crippen MR) is 78.8 cm³/mol. The van der Waals surface area contributed by atoms with E-state index in [1.54, 1.807) is 6.92 Å². The van der Waals surface area contributed by atoms with Crippen LogP contribution < -0.4 is 0 Å². The maximum Gasteiger partial charge on any atom is 0.246 e. The zero-order valence-electron chi connectivity index (χ0n) is 12.4. The van der Waals surface area contributed by atoms with E-state index >= 15 is 0 Å². The molecule has 0 aromatic heterocycles. The van der Waals surface area contributed by atoms with Crippen LogP contribution in [0.1, 0.15) is 38.2 Å². The summed E-state index contributed by atoms with van der Waals surface area (Å²) < 4.78 is 0. The van der Waals surface area contributed by atoms with Crippen LogP contribution in [0.5, 0.6) is 0 Å². The fourth-order valence-electron chi connectivity index (χ4n) is 4.30. The number of benzene rings is 1. The van der Waals surface area contributed by atoms with Crippen LogP contribution in [0.2, 0.25) is 0 Å². The van der Waals surface area contributed by atoms with Crippen LogP contribution in [0.15, 0.2) is 30.3 Å². The number of fused-ring (bicyclic) bond motifs is 1. The number of Topliss-reactive ketones (excluding diaryl/α,β-unsaturated/α-hetero) is 1. The smallest absolute Gasteiger partial charge is 0.246 e. The van der Waals surface area contributed by atoms with Gasteiger partial charge in [0.2, 0.25) is 6.04 Å². The van der Waals surface area contributed by atoms with E-state index < -0.39 is 11.6 Å². The van der Waals surface area contributed by atoms with Gasteiger partial charge in [0.15, 0.2) is 5.78 Å². The molecule has 2 aliphatic rings. The van der Waals surface area contributed by atoms with Crippen LogP contribution in [-0.4, -0.2) is 39.8 Å². The summed E-state index contributed by atoms with van der Waals surface area (Å²) >= 11 is 0. The molecule has 0 radical (unpaired) electrons. The topological polar surface area (TPSA) is 63.4 Å². The van der Waals surface area contributed by atoms with Crippen molar-refractivity contribution in [2.45, 2.75) is 50.2 Å². The molecule has 5 nitrogen and oxygen atoms in total. The molecule has 5 heteroatoms. The summed E-state index contributed by atoms with van der Waals surface area (Å²) in [5.41, 5.74) is -0.0216. The van der Waals surface area contributed by atoms with Gasteiger partial charge in [0.05, 0.1) is 5.92 Å². The molecule has 1 aromatic rings. The summed E-state index contributed by atoms with van der Waals surface area (Å²) in [4.78, 5) is 25.9. The summed E-state index contributed by atoms with van der Waals surface area (Å²) in [6.45, 7) is 4.01. The lowest BCUT2D eigenvalue weighted by Crippen LogP contribution is -2.56. The number of hydrogen-bond donors (Lipinski definition) is 0. The summed E-state index contributed by atoms with van der Waals surface area (Å²) in [6.07, 6.45) is 1.92. The summed E-state index contributed by atoms with van der Waals surface area (Å²) in [5, 5.41) is 11.8. The zero-order valence-corrected chi connectivity index (χ0v) is 12.4. The third-order valence-corrected chi connectivity index (χ3v) is 5.35. The molecule has 4 atom stereocenters. The Morgan fingerprint density at radius 2 is 2.05 bits per heavy atom. The molecule has 0 spiro atoms. The Hall–Kier alpha value is -1.75. The van der Waals surface area contributed by atoms with Crippen molar-refractivity contribution in [1.29, 1.82) is 0 Å². The minimum absolute atomic E-state index is 0.0942. The minimum Gasteiger partial charge on any atom is -0.298 e. The first-order valence-electron chi connectivity index (χ1n) is 7.44. The van der Waals surface area contributed by atoms with Gasteiger partial charge in [-0.25, -0.2) is 0 Å². The molecule has 3 rings (SSSR count). The first-order chi connectivity index (χ1) is 9.98. The zero-order chi connectivity index (χ0) is 15.2. The highest BCUT2D eigenvalue weighted by Gasteiger charge is 2.66. The second-order valence-electron chi connectivity index (χ2n) is 6.27. The average molecular weight is 288 g/mol. The van der Waals surface area contributed by atoms with Gasteiger partial charge in [-0.2, -0.15) is 0 Å². The van der Waals surface area contributed by atoms with Gasteiger partial charge in [-0.15, -0.1) is 0 Å². The number of hydrogen-bond acceptors (Lipinski definition) is 4. The quantitative estimate of drug-likeness (QED) is 0.632. The van der Waals surface area contributed by atoms with E-state index in [1.807, 2.05) is 30.3 Å². The predicted octanol–water partition coefficient (Wildman–Crippen LogP) is 2.24. The average Bonchev–Trinajstić information content (AvgIpc) is 3.01. The van der Waals surface area contributed by atoms with E-state index in [0.29, 0.717) is 0 Å². The first kappa shape index (κ1) is 14.2. The molecule has 0 unspecified atom stereocenters. The van der Waals surface area contributed by atoms with Crippen molar-refractivity contribution in [2.24, 2.45) is 0 Å². The molecule has 1 aromatic carbocycles. The van der Waals surface area contributed by atoms with E-state index in [1.165, 1.54) is 6.92 Å². The van der Waals surface area contributed by atoms with Gasteiger partial charge >= 0.3 is 0 Å². The molecule has 0 bridgehead atoms. The maximum atomic E-state index is 12.3. The summed E-state index contributed by atoms with van der Waals surface area (Å²) in [7, 11) is 0. The molecule has 0 aliphatic carbocycles. The Morgan fingerprint density at radius 3 is 2.62 bits per heavy atom. The van der Waals surface area contributed by atoms with E-state index in [9.17, 15) is 14.9 Å². The highest BCUT2D eigenvalue weighted by atomic mass is 16.6. The van der Waals surface area contributed by atoms with Crippen LogP contribution in [0, 0.1) is 10.1 Å². The lowest BCUT2D eigenvalue weighted by atomic mass is 9.79. The Kier molecular flexibility index (Phi) is 3.32. The SMILES string of the molecule is CC(=O)[C@@]1(C)[C@H]([N+](=O)[O-])[C@@H](c2ccccc2)[C@@H]2CCCN21. The molecule has 2 heterocycles. The first-order valence-corrected chi connectivity index (χ1v) is 7.44. The van der Waals surface area contributed by atoms with E-state index in [2.05, 4.69) is 4.90 Å². The third-order valence-electron chi connectivity index (χ3n) is 5.35. The van der Waals surface area contributed by atoms with Gasteiger partial charge in [-0.3, -0.25) is 19.8 Å². The minimum atomic E-state index is -0.995. The molecule has 0 saturated carbocycles. The number of carbonyl (C=O) groups excluding carboxylic acids is 1. The van der Waals surface area contributed by atoms with Crippen molar-refractivity contribution in [2.75, 3.05) is 6.54 Å². The molecule has 2 aliphatic heterocycles.